The standard InChI is InChI=1S/C12H8NOS/c15-11-7-3-6-10-12(11)13-8-4-1-2-5-9(8)14-10/h1-7,13H. The highest BCUT2D eigenvalue weighted by Crippen LogP contribution is 2.43. The summed E-state index contributed by atoms with van der Waals surface area (Å²) in [5.41, 5.74) is 1.84. The second-order valence-corrected chi connectivity index (χ2v) is 3.79. The summed E-state index contributed by atoms with van der Waals surface area (Å²) in [6.07, 6.45) is 0. The molecule has 3 rings (SSSR count). The molecule has 0 aromatic heterocycles. The largest absolute Gasteiger partial charge is 0.453 e. The Kier molecular flexibility index (Phi) is 1.79. The lowest BCUT2D eigenvalue weighted by Gasteiger charge is -2.22. The summed E-state index contributed by atoms with van der Waals surface area (Å²) in [6, 6.07) is 13.5. The van der Waals surface area contributed by atoms with Gasteiger partial charge in [-0.25, -0.2) is 0 Å². The minimum Gasteiger partial charge on any atom is -0.453 e. The van der Waals surface area contributed by atoms with E-state index < -0.39 is 0 Å². The van der Waals surface area contributed by atoms with Crippen molar-refractivity contribution in [2.75, 3.05) is 5.32 Å². The summed E-state index contributed by atoms with van der Waals surface area (Å²) >= 11 is 5.23. The number of rotatable bonds is 0. The highest BCUT2D eigenvalue weighted by molar-refractivity contribution is 7.80. The van der Waals surface area contributed by atoms with Gasteiger partial charge in [0.25, 0.3) is 0 Å². The molecule has 0 spiro atoms. The Morgan fingerprint density at radius 1 is 0.933 bits per heavy atom. The molecule has 73 valence electrons. The zero-order valence-electron chi connectivity index (χ0n) is 7.86. The molecule has 15 heavy (non-hydrogen) atoms. The maximum Gasteiger partial charge on any atom is 0.152 e. The molecule has 0 unspecified atom stereocenters. The topological polar surface area (TPSA) is 21.3 Å². The molecule has 1 radical (unpaired) electrons. The van der Waals surface area contributed by atoms with Crippen LogP contribution in [0, 0.1) is 0 Å². The number of benzene rings is 2. The van der Waals surface area contributed by atoms with Crippen LogP contribution in [0.25, 0.3) is 0 Å². The van der Waals surface area contributed by atoms with Crippen LogP contribution in [0.2, 0.25) is 0 Å². The number of hydrogen-bond acceptors (Lipinski definition) is 2. The number of anilines is 2. The van der Waals surface area contributed by atoms with Gasteiger partial charge < -0.3 is 10.1 Å². The van der Waals surface area contributed by atoms with Crippen LogP contribution in [0.1, 0.15) is 0 Å². The molecule has 0 fully saturated rings. The minimum absolute atomic E-state index is 0.780. The van der Waals surface area contributed by atoms with Gasteiger partial charge in [0.15, 0.2) is 11.5 Å². The van der Waals surface area contributed by atoms with E-state index in [1.165, 1.54) is 0 Å². The summed E-state index contributed by atoms with van der Waals surface area (Å²) < 4.78 is 5.73. The first-order chi connectivity index (χ1) is 7.34. The molecule has 0 amide bonds. The van der Waals surface area contributed by atoms with Gasteiger partial charge in [0.2, 0.25) is 0 Å². The van der Waals surface area contributed by atoms with E-state index in [-0.39, 0.29) is 0 Å². The van der Waals surface area contributed by atoms with Gasteiger partial charge in [0.1, 0.15) is 5.69 Å². The maximum absolute atomic E-state index is 5.73. The first-order valence-electron chi connectivity index (χ1n) is 4.68. The van der Waals surface area contributed by atoms with Crippen LogP contribution in [-0.4, -0.2) is 0 Å². The molecule has 1 aliphatic rings. The van der Waals surface area contributed by atoms with Crippen molar-refractivity contribution in [3.8, 4) is 11.5 Å². The lowest BCUT2D eigenvalue weighted by molar-refractivity contribution is 0.480. The van der Waals surface area contributed by atoms with Gasteiger partial charge in [0, 0.05) is 0 Å². The van der Waals surface area contributed by atoms with Gasteiger partial charge in [-0.1, -0.05) is 30.8 Å². The molecular formula is C12H8NOS. The van der Waals surface area contributed by atoms with E-state index in [1.54, 1.807) is 0 Å². The Bertz CT molecular complexity index is 525. The lowest BCUT2D eigenvalue weighted by atomic mass is 10.2. The normalized spacial score (nSPS) is 12.0. The molecule has 2 aromatic rings. The zero-order chi connectivity index (χ0) is 10.3. The third kappa shape index (κ3) is 1.32. The molecule has 3 heteroatoms. The number of fused-ring (bicyclic) bond motifs is 2. The number of hydrogen-bond donors (Lipinski definition) is 1. The van der Waals surface area contributed by atoms with E-state index in [0.717, 1.165) is 27.8 Å². The molecule has 2 aromatic carbocycles. The third-order valence-corrected chi connectivity index (χ3v) is 2.69. The van der Waals surface area contributed by atoms with Crippen LogP contribution >= 0.6 is 12.6 Å². The molecule has 0 aliphatic carbocycles. The summed E-state index contributed by atoms with van der Waals surface area (Å²) in [5, 5.41) is 3.28. The number of para-hydroxylation sites is 3. The predicted octanol–water partition coefficient (Wildman–Crippen LogP) is 4.09. The first kappa shape index (κ1) is 8.56. The van der Waals surface area contributed by atoms with Gasteiger partial charge in [-0.05, 0) is 24.3 Å². The SMILES string of the molecule is [S]c1cccc2c1Nc1ccccc1O2. The van der Waals surface area contributed by atoms with Crippen molar-refractivity contribution < 1.29 is 4.74 Å². The number of ether oxygens (including phenoxy) is 1. The van der Waals surface area contributed by atoms with Crippen LogP contribution < -0.4 is 10.1 Å². The number of nitrogens with one attached hydrogen (secondary N) is 1. The quantitative estimate of drug-likeness (QED) is 0.608. The molecule has 1 N–H and O–H groups in total. The van der Waals surface area contributed by atoms with Gasteiger partial charge >= 0.3 is 0 Å². The Hall–Kier alpha value is -1.74. The summed E-state index contributed by atoms with van der Waals surface area (Å²) in [7, 11) is 0. The van der Waals surface area contributed by atoms with Crippen LogP contribution in [0.5, 0.6) is 11.5 Å². The van der Waals surface area contributed by atoms with Crippen molar-refractivity contribution in [1.82, 2.24) is 0 Å². The van der Waals surface area contributed by atoms with E-state index in [1.807, 2.05) is 42.5 Å². The Morgan fingerprint density at radius 2 is 1.73 bits per heavy atom. The van der Waals surface area contributed by atoms with E-state index >= 15 is 0 Å². The smallest absolute Gasteiger partial charge is 0.152 e. The summed E-state index contributed by atoms with van der Waals surface area (Å²) in [4.78, 5) is 0.780. The third-order valence-electron chi connectivity index (χ3n) is 2.35. The van der Waals surface area contributed by atoms with E-state index in [9.17, 15) is 0 Å². The van der Waals surface area contributed by atoms with Gasteiger partial charge in [-0.2, -0.15) is 0 Å². The average Bonchev–Trinajstić information content (AvgIpc) is 2.27. The van der Waals surface area contributed by atoms with E-state index in [4.69, 9.17) is 17.4 Å². The molecule has 1 aliphatic heterocycles. The monoisotopic (exact) mass is 214 g/mol. The second-order valence-electron chi connectivity index (χ2n) is 3.35. The van der Waals surface area contributed by atoms with Crippen molar-refractivity contribution in [2.45, 2.75) is 4.90 Å². The average molecular weight is 214 g/mol. The van der Waals surface area contributed by atoms with Crippen LogP contribution in [0.3, 0.4) is 0 Å². The lowest BCUT2D eigenvalue weighted by Crippen LogP contribution is -2.02. The van der Waals surface area contributed by atoms with Gasteiger partial charge in [0.05, 0.1) is 10.6 Å². The van der Waals surface area contributed by atoms with Crippen molar-refractivity contribution >= 4 is 24.0 Å². The Morgan fingerprint density at radius 3 is 2.67 bits per heavy atom. The van der Waals surface area contributed by atoms with Crippen LogP contribution in [0.15, 0.2) is 47.4 Å². The molecule has 2 nitrogen and oxygen atoms in total. The van der Waals surface area contributed by atoms with Crippen molar-refractivity contribution in [2.24, 2.45) is 0 Å². The molecule has 0 saturated heterocycles. The highest BCUT2D eigenvalue weighted by atomic mass is 32.1. The predicted molar refractivity (Wildman–Crippen MR) is 62.1 cm³/mol. The van der Waals surface area contributed by atoms with Crippen molar-refractivity contribution in [3.63, 3.8) is 0 Å². The van der Waals surface area contributed by atoms with Crippen molar-refractivity contribution in [1.29, 1.82) is 0 Å². The molecular weight excluding hydrogens is 206 g/mol. The van der Waals surface area contributed by atoms with E-state index in [2.05, 4.69) is 5.32 Å². The first-order valence-corrected chi connectivity index (χ1v) is 5.09. The minimum atomic E-state index is 0.780. The highest BCUT2D eigenvalue weighted by Gasteiger charge is 2.17. The van der Waals surface area contributed by atoms with E-state index in [0.29, 0.717) is 0 Å². The fourth-order valence-electron chi connectivity index (χ4n) is 1.63. The fraction of sp³-hybridized carbons (Fsp3) is 0. The Labute approximate surface area is 93.3 Å². The molecule has 1 heterocycles. The van der Waals surface area contributed by atoms with Crippen LogP contribution in [0.4, 0.5) is 11.4 Å². The zero-order valence-corrected chi connectivity index (χ0v) is 8.67. The van der Waals surface area contributed by atoms with Crippen molar-refractivity contribution in [3.05, 3.63) is 42.5 Å². The summed E-state index contributed by atoms with van der Waals surface area (Å²) in [6.45, 7) is 0. The molecule has 0 bridgehead atoms. The second kappa shape index (κ2) is 3.14. The van der Waals surface area contributed by atoms with Crippen LogP contribution in [-0.2, 0) is 0 Å². The Balaban J connectivity index is 2.15. The molecule has 0 atom stereocenters. The maximum atomic E-state index is 5.73. The van der Waals surface area contributed by atoms with Gasteiger partial charge in [-0.15, -0.1) is 0 Å². The summed E-state index contributed by atoms with van der Waals surface area (Å²) in [5.74, 6) is 1.63. The fourth-order valence-corrected chi connectivity index (χ4v) is 1.86. The molecule has 0 saturated carbocycles. The van der Waals surface area contributed by atoms with Gasteiger partial charge in [-0.3, -0.25) is 0 Å².